The molecule has 4 heteroatoms. The average Bonchev–Trinajstić information content (AvgIpc) is 2.13. The maximum absolute atomic E-state index is 13.1. The van der Waals surface area contributed by atoms with Crippen LogP contribution < -0.4 is 5.73 Å². The molecule has 0 saturated heterocycles. The van der Waals surface area contributed by atoms with Crippen LogP contribution in [0.1, 0.15) is 25.3 Å². The fraction of sp³-hybridized carbons (Fsp3) is 0.455. The first kappa shape index (κ1) is 12.7. The van der Waals surface area contributed by atoms with E-state index >= 15 is 0 Å². The highest BCUT2D eigenvalue weighted by atomic mass is 35.5. The quantitative estimate of drug-likeness (QED) is 0.827. The van der Waals surface area contributed by atoms with Crippen LogP contribution in [-0.4, -0.2) is 6.04 Å². The number of nitrogens with two attached hydrogens (primary N) is 1. The highest BCUT2D eigenvalue weighted by molar-refractivity contribution is 7.58. The Morgan fingerprint density at radius 3 is 2.73 bits per heavy atom. The number of aryl methyl sites for hydroxylation is 1. The lowest BCUT2D eigenvalue weighted by Gasteiger charge is -2.12. The van der Waals surface area contributed by atoms with Crippen LogP contribution in [0.4, 0.5) is 4.39 Å². The van der Waals surface area contributed by atoms with Crippen LogP contribution in [-0.2, 0) is 19.0 Å². The van der Waals surface area contributed by atoms with Gasteiger partial charge in [-0.15, -0.1) is 4.90 Å². The second-order valence-corrected chi connectivity index (χ2v) is 4.61. The van der Waals surface area contributed by atoms with E-state index in [4.69, 9.17) is 30.0 Å². The Labute approximate surface area is 100 Å². The van der Waals surface area contributed by atoms with Gasteiger partial charge in [-0.2, -0.15) is 0 Å². The van der Waals surface area contributed by atoms with Gasteiger partial charge in [-0.25, -0.2) is 4.39 Å². The molecule has 0 spiro atoms. The van der Waals surface area contributed by atoms with Crippen molar-refractivity contribution >= 4 is 24.2 Å². The molecule has 1 aromatic rings. The molecule has 0 bridgehead atoms. The molecule has 0 fully saturated rings. The van der Waals surface area contributed by atoms with Crippen molar-refractivity contribution < 1.29 is 4.39 Å². The monoisotopic (exact) mass is 246 g/mol. The van der Waals surface area contributed by atoms with Gasteiger partial charge in [-0.3, -0.25) is 0 Å². The fourth-order valence-corrected chi connectivity index (χ4v) is 1.95. The number of rotatable bonds is 4. The molecular weight excluding hydrogens is 233 g/mol. The van der Waals surface area contributed by atoms with E-state index in [1.165, 1.54) is 0 Å². The number of benzene rings is 1. The second-order valence-electron chi connectivity index (χ2n) is 3.76. The van der Waals surface area contributed by atoms with Gasteiger partial charge in [-0.1, -0.05) is 17.7 Å². The smallest absolute Gasteiger partial charge is 0.122 e. The summed E-state index contributed by atoms with van der Waals surface area (Å²) in [6, 6.07) is 3.50. The minimum absolute atomic E-state index is 0.110. The molecule has 0 heterocycles. The number of hydrogen-bond acceptors (Lipinski definition) is 2. The normalized spacial score (nSPS) is 12.8. The summed E-state index contributed by atoms with van der Waals surface area (Å²) in [4.78, 5) is 0.193. The molecule has 0 aliphatic carbocycles. The van der Waals surface area contributed by atoms with Crippen molar-refractivity contribution in [3.63, 3.8) is 0 Å². The topological polar surface area (TPSA) is 26.0 Å². The summed E-state index contributed by atoms with van der Waals surface area (Å²) in [5.74, 6) is -0.498. The number of halogens is 2. The van der Waals surface area contributed by atoms with Gasteiger partial charge in [0.05, 0.1) is 5.02 Å². The SMILES string of the molecule is C[C@H](N)CCCc1cc([S-])c(F)c(Cl)c1. The van der Waals surface area contributed by atoms with Gasteiger partial charge in [0.15, 0.2) is 0 Å². The zero-order chi connectivity index (χ0) is 11.4. The van der Waals surface area contributed by atoms with Crippen LogP contribution in [0.2, 0.25) is 5.02 Å². The summed E-state index contributed by atoms with van der Waals surface area (Å²) >= 11 is 10.5. The van der Waals surface area contributed by atoms with Gasteiger partial charge < -0.3 is 18.4 Å². The zero-order valence-corrected chi connectivity index (χ0v) is 10.2. The molecule has 2 N–H and O–H groups in total. The first-order chi connectivity index (χ1) is 7.00. The lowest BCUT2D eigenvalue weighted by molar-refractivity contribution is 0.597. The molecule has 0 aliphatic heterocycles. The minimum atomic E-state index is -0.498. The van der Waals surface area contributed by atoms with E-state index in [1.807, 2.05) is 6.92 Å². The standard InChI is InChI=1S/C11H15ClFNS/c1-7(14)3-2-4-8-5-9(12)11(13)10(15)6-8/h5-7,15H,2-4,14H2,1H3/p-1/t7-/m0/s1. The highest BCUT2D eigenvalue weighted by Crippen LogP contribution is 2.21. The summed E-state index contributed by atoms with van der Waals surface area (Å²) in [5.41, 5.74) is 6.61. The molecule has 0 saturated carbocycles. The van der Waals surface area contributed by atoms with Gasteiger partial charge in [0, 0.05) is 6.04 Å². The van der Waals surface area contributed by atoms with E-state index in [0.29, 0.717) is 0 Å². The van der Waals surface area contributed by atoms with Crippen LogP contribution in [0.3, 0.4) is 0 Å². The third kappa shape index (κ3) is 3.93. The van der Waals surface area contributed by atoms with Crippen LogP contribution in [0.5, 0.6) is 0 Å². The van der Waals surface area contributed by atoms with E-state index in [2.05, 4.69) is 0 Å². The Morgan fingerprint density at radius 1 is 1.53 bits per heavy atom. The van der Waals surface area contributed by atoms with Gasteiger partial charge in [0.2, 0.25) is 0 Å². The Hall–Kier alpha value is -0.380. The van der Waals surface area contributed by atoms with E-state index in [1.54, 1.807) is 12.1 Å². The summed E-state index contributed by atoms with van der Waals surface area (Å²) in [6.07, 6.45) is 2.75. The average molecular weight is 247 g/mol. The molecule has 1 rings (SSSR count). The lowest BCUT2D eigenvalue weighted by atomic mass is 10.1. The summed E-state index contributed by atoms with van der Waals surface area (Å²) in [6.45, 7) is 1.97. The van der Waals surface area contributed by atoms with Crippen molar-refractivity contribution in [1.29, 1.82) is 0 Å². The van der Waals surface area contributed by atoms with E-state index < -0.39 is 5.82 Å². The predicted molar refractivity (Wildman–Crippen MR) is 63.6 cm³/mol. The van der Waals surface area contributed by atoms with Crippen LogP contribution in [0.25, 0.3) is 0 Å². The first-order valence-electron chi connectivity index (χ1n) is 4.91. The third-order valence-corrected chi connectivity index (χ3v) is 2.75. The first-order valence-corrected chi connectivity index (χ1v) is 5.70. The molecule has 0 amide bonds. The molecule has 0 aromatic heterocycles. The predicted octanol–water partition coefficient (Wildman–Crippen LogP) is 3.05. The van der Waals surface area contributed by atoms with Crippen LogP contribution >= 0.6 is 11.6 Å². The van der Waals surface area contributed by atoms with E-state index in [-0.39, 0.29) is 16.0 Å². The maximum Gasteiger partial charge on any atom is 0.122 e. The molecule has 1 nitrogen and oxygen atoms in total. The Balaban J connectivity index is 2.63. The minimum Gasteiger partial charge on any atom is -0.777 e. The van der Waals surface area contributed by atoms with Crippen LogP contribution in [0.15, 0.2) is 17.0 Å². The molecule has 1 atom stereocenters. The fourth-order valence-electron chi connectivity index (χ4n) is 1.39. The van der Waals surface area contributed by atoms with Gasteiger partial charge in [-0.05, 0) is 37.8 Å². The van der Waals surface area contributed by atoms with Crippen LogP contribution in [0, 0.1) is 5.82 Å². The summed E-state index contributed by atoms with van der Waals surface area (Å²) in [5, 5.41) is 0.110. The molecule has 0 radical (unpaired) electrons. The van der Waals surface area contributed by atoms with Gasteiger partial charge in [0.25, 0.3) is 0 Å². The van der Waals surface area contributed by atoms with Crippen molar-refractivity contribution in [3.8, 4) is 0 Å². The highest BCUT2D eigenvalue weighted by Gasteiger charge is 2.02. The lowest BCUT2D eigenvalue weighted by Crippen LogP contribution is -2.14. The Morgan fingerprint density at radius 2 is 2.20 bits per heavy atom. The molecule has 15 heavy (non-hydrogen) atoms. The summed E-state index contributed by atoms with van der Waals surface area (Å²) < 4.78 is 13.1. The Bertz CT molecular complexity index is 318. The van der Waals surface area contributed by atoms with Crippen molar-refractivity contribution in [1.82, 2.24) is 0 Å². The van der Waals surface area contributed by atoms with Gasteiger partial charge >= 0.3 is 0 Å². The summed E-state index contributed by atoms with van der Waals surface area (Å²) in [7, 11) is 0. The Kier molecular flexibility index (Phi) is 4.77. The van der Waals surface area contributed by atoms with E-state index in [0.717, 1.165) is 24.8 Å². The second kappa shape index (κ2) is 5.64. The zero-order valence-electron chi connectivity index (χ0n) is 8.59. The number of hydrogen-bond donors (Lipinski definition) is 1. The largest absolute Gasteiger partial charge is 0.777 e. The molecule has 1 aromatic carbocycles. The van der Waals surface area contributed by atoms with Crippen molar-refractivity contribution in [2.75, 3.05) is 0 Å². The van der Waals surface area contributed by atoms with Gasteiger partial charge in [0.1, 0.15) is 5.82 Å². The molecule has 0 unspecified atom stereocenters. The molecule has 0 aliphatic rings. The van der Waals surface area contributed by atoms with Crippen molar-refractivity contribution in [2.24, 2.45) is 5.73 Å². The van der Waals surface area contributed by atoms with Crippen molar-refractivity contribution in [3.05, 3.63) is 28.5 Å². The molecular formula is C11H14ClFNS-. The molecule has 84 valence electrons. The maximum atomic E-state index is 13.1. The van der Waals surface area contributed by atoms with E-state index in [9.17, 15) is 4.39 Å². The third-order valence-electron chi connectivity index (χ3n) is 2.18. The van der Waals surface area contributed by atoms with Crippen molar-refractivity contribution in [2.45, 2.75) is 37.1 Å².